The maximum atomic E-state index is 14.2. The van der Waals surface area contributed by atoms with Crippen LogP contribution in [0.2, 0.25) is 0 Å². The second-order valence-electron chi connectivity index (χ2n) is 9.73. The van der Waals surface area contributed by atoms with Crippen molar-refractivity contribution >= 4 is 55.3 Å². The second kappa shape index (κ2) is 8.22. The highest BCUT2D eigenvalue weighted by atomic mass is 79.9. The van der Waals surface area contributed by atoms with Crippen LogP contribution in [0, 0.1) is 11.8 Å². The normalized spacial score (nSPS) is 26.5. The third kappa shape index (κ3) is 2.94. The van der Waals surface area contributed by atoms with Crippen LogP contribution in [0.25, 0.3) is 0 Å². The molecule has 0 aromatic heterocycles. The first-order valence-electron chi connectivity index (χ1n) is 12.2. The van der Waals surface area contributed by atoms with Gasteiger partial charge >= 0.3 is 5.97 Å². The number of ether oxygens (including phenoxy) is 1. The first-order valence-corrected chi connectivity index (χ1v) is 13.8. The van der Waals surface area contributed by atoms with Crippen molar-refractivity contribution in [1.82, 2.24) is 0 Å². The monoisotopic (exact) mass is 627 g/mol. The van der Waals surface area contributed by atoms with E-state index in [1.807, 2.05) is 54.6 Å². The van der Waals surface area contributed by atoms with Gasteiger partial charge in [-0.2, -0.15) is 0 Å². The summed E-state index contributed by atoms with van der Waals surface area (Å²) >= 11 is 8.02. The molecule has 2 bridgehead atoms. The van der Waals surface area contributed by atoms with E-state index in [2.05, 4.69) is 31.9 Å². The Balaban J connectivity index is 1.34. The molecule has 8 rings (SSSR count). The standard InChI is InChI=1S/C31H19Br2NO4/c32-30-21-13-4-5-14-22(21)31(33,24-16-7-6-15-23(24)30)26-25(30)27(35)34(28(26)36)19-10-8-9-18(17-19)29(37)38-20-11-2-1-3-12-20/h1-17,25-26H. The SMILES string of the molecule is O=C(Oc1ccccc1)c1cccc(N2C(=O)C3C(C2=O)C2(Br)c4ccccc4C3(Br)c3ccccc32)c1. The van der Waals surface area contributed by atoms with E-state index in [1.54, 1.807) is 48.5 Å². The Morgan fingerprint density at radius 2 is 1.13 bits per heavy atom. The molecule has 4 aromatic rings. The summed E-state index contributed by atoms with van der Waals surface area (Å²) in [6.45, 7) is 0. The summed E-state index contributed by atoms with van der Waals surface area (Å²) in [7, 11) is 0. The molecule has 4 aliphatic rings. The number of hydrogen-bond acceptors (Lipinski definition) is 4. The lowest BCUT2D eigenvalue weighted by atomic mass is 9.54. The minimum absolute atomic E-state index is 0.249. The number of nitrogens with zero attached hydrogens (tertiary/aromatic N) is 1. The van der Waals surface area contributed by atoms with Gasteiger partial charge in [0.15, 0.2) is 0 Å². The Morgan fingerprint density at radius 1 is 0.658 bits per heavy atom. The quantitative estimate of drug-likeness (QED) is 0.115. The number of para-hydroxylation sites is 1. The fourth-order valence-electron chi connectivity index (χ4n) is 6.35. The van der Waals surface area contributed by atoms with Gasteiger partial charge < -0.3 is 4.74 Å². The maximum absolute atomic E-state index is 14.2. The number of rotatable bonds is 3. The second-order valence-corrected chi connectivity index (χ2v) is 12.2. The number of benzene rings is 4. The molecule has 1 fully saturated rings. The van der Waals surface area contributed by atoms with E-state index in [0.29, 0.717) is 11.4 Å². The van der Waals surface area contributed by atoms with Crippen LogP contribution in [0.15, 0.2) is 103 Å². The number of halogens is 2. The van der Waals surface area contributed by atoms with E-state index in [9.17, 15) is 14.4 Å². The van der Waals surface area contributed by atoms with Crippen LogP contribution in [0.3, 0.4) is 0 Å². The van der Waals surface area contributed by atoms with Gasteiger partial charge in [-0.15, -0.1) is 0 Å². The summed E-state index contributed by atoms with van der Waals surface area (Å²) in [4.78, 5) is 42.6. The van der Waals surface area contributed by atoms with Crippen LogP contribution >= 0.6 is 31.9 Å². The number of anilines is 1. The van der Waals surface area contributed by atoms with Crippen LogP contribution in [0.5, 0.6) is 5.75 Å². The van der Waals surface area contributed by atoms with Crippen molar-refractivity contribution < 1.29 is 19.1 Å². The van der Waals surface area contributed by atoms with Crippen molar-refractivity contribution in [2.24, 2.45) is 11.8 Å². The summed E-state index contributed by atoms with van der Waals surface area (Å²) in [5.41, 5.74) is 4.48. The van der Waals surface area contributed by atoms with Crippen LogP contribution in [-0.4, -0.2) is 17.8 Å². The molecule has 0 spiro atoms. The first-order chi connectivity index (χ1) is 18.4. The van der Waals surface area contributed by atoms with Crippen molar-refractivity contribution in [3.8, 4) is 5.75 Å². The molecule has 0 saturated carbocycles. The van der Waals surface area contributed by atoms with Gasteiger partial charge in [-0.3, -0.25) is 9.59 Å². The Kier molecular flexibility index (Phi) is 5.10. The van der Waals surface area contributed by atoms with Gasteiger partial charge in [0.25, 0.3) is 0 Å². The summed E-state index contributed by atoms with van der Waals surface area (Å²) in [5.74, 6) is -2.13. The Labute approximate surface area is 235 Å². The van der Waals surface area contributed by atoms with Crippen molar-refractivity contribution in [3.05, 3.63) is 131 Å². The smallest absolute Gasteiger partial charge is 0.343 e. The van der Waals surface area contributed by atoms with Crippen LogP contribution in [0.4, 0.5) is 5.69 Å². The Morgan fingerprint density at radius 3 is 1.63 bits per heavy atom. The summed E-state index contributed by atoms with van der Waals surface area (Å²) < 4.78 is 3.75. The number of esters is 1. The molecule has 2 amide bonds. The largest absolute Gasteiger partial charge is 0.423 e. The lowest BCUT2D eigenvalue weighted by Crippen LogP contribution is -2.56. The third-order valence-electron chi connectivity index (χ3n) is 7.88. The van der Waals surface area contributed by atoms with E-state index < -0.39 is 26.5 Å². The summed E-state index contributed by atoms with van der Waals surface area (Å²) in [6.07, 6.45) is 0. The zero-order valence-electron chi connectivity index (χ0n) is 19.8. The molecular weight excluding hydrogens is 610 g/mol. The summed E-state index contributed by atoms with van der Waals surface area (Å²) in [6, 6.07) is 31.2. The van der Waals surface area contributed by atoms with E-state index in [-0.39, 0.29) is 17.4 Å². The minimum atomic E-state index is -0.869. The molecule has 1 aliphatic heterocycles. The molecule has 1 heterocycles. The number of amides is 2. The van der Waals surface area contributed by atoms with Crippen molar-refractivity contribution in [2.75, 3.05) is 4.90 Å². The van der Waals surface area contributed by atoms with Gasteiger partial charge in [-0.05, 0) is 52.6 Å². The third-order valence-corrected chi connectivity index (χ3v) is 10.6. The zero-order valence-corrected chi connectivity index (χ0v) is 23.0. The van der Waals surface area contributed by atoms with Gasteiger partial charge in [-0.1, -0.05) is 105 Å². The maximum Gasteiger partial charge on any atom is 0.343 e. The number of alkyl halides is 2. The van der Waals surface area contributed by atoms with Gasteiger partial charge in [0.2, 0.25) is 11.8 Å². The average molecular weight is 629 g/mol. The zero-order chi connectivity index (χ0) is 26.2. The Bertz CT molecular complexity index is 1550. The minimum Gasteiger partial charge on any atom is -0.423 e. The molecule has 3 aliphatic carbocycles. The van der Waals surface area contributed by atoms with E-state index in [1.165, 1.54) is 4.90 Å². The Hall–Kier alpha value is -3.55. The number of carbonyl (C=O) groups is 3. The number of hydrogen-bond donors (Lipinski definition) is 0. The first kappa shape index (κ1) is 23.6. The molecule has 2 atom stereocenters. The van der Waals surface area contributed by atoms with E-state index in [4.69, 9.17) is 4.74 Å². The van der Waals surface area contributed by atoms with Gasteiger partial charge in [0.1, 0.15) is 5.75 Å². The molecule has 2 unspecified atom stereocenters. The van der Waals surface area contributed by atoms with Gasteiger partial charge in [0, 0.05) is 0 Å². The van der Waals surface area contributed by atoms with Crippen LogP contribution in [-0.2, 0) is 18.2 Å². The van der Waals surface area contributed by atoms with Gasteiger partial charge in [0.05, 0.1) is 31.7 Å². The van der Waals surface area contributed by atoms with E-state index in [0.717, 1.165) is 22.3 Å². The molecule has 1 saturated heterocycles. The fraction of sp³-hybridized carbons (Fsp3) is 0.129. The highest BCUT2D eigenvalue weighted by molar-refractivity contribution is 9.10. The average Bonchev–Trinajstić information content (AvgIpc) is 3.23. The predicted octanol–water partition coefficient (Wildman–Crippen LogP) is 6.32. The van der Waals surface area contributed by atoms with Crippen molar-refractivity contribution in [1.29, 1.82) is 0 Å². The molecule has 186 valence electrons. The molecule has 4 aromatic carbocycles. The fourth-order valence-corrected chi connectivity index (χ4v) is 8.65. The molecule has 38 heavy (non-hydrogen) atoms. The number of imide groups is 1. The molecule has 0 N–H and O–H groups in total. The van der Waals surface area contributed by atoms with Gasteiger partial charge in [-0.25, -0.2) is 9.69 Å². The molecular formula is C31H19Br2NO4. The highest BCUT2D eigenvalue weighted by Crippen LogP contribution is 2.70. The molecule has 7 heteroatoms. The van der Waals surface area contributed by atoms with E-state index >= 15 is 0 Å². The predicted molar refractivity (Wildman–Crippen MR) is 150 cm³/mol. The lowest BCUT2D eigenvalue weighted by Gasteiger charge is -2.55. The number of carbonyl (C=O) groups excluding carboxylic acids is 3. The van der Waals surface area contributed by atoms with Crippen LogP contribution < -0.4 is 9.64 Å². The summed E-state index contributed by atoms with van der Waals surface area (Å²) in [5, 5.41) is 0. The van der Waals surface area contributed by atoms with Crippen molar-refractivity contribution in [2.45, 2.75) is 8.65 Å². The van der Waals surface area contributed by atoms with Crippen molar-refractivity contribution in [3.63, 3.8) is 0 Å². The van der Waals surface area contributed by atoms with Crippen LogP contribution in [0.1, 0.15) is 32.6 Å². The molecule has 0 radical (unpaired) electrons. The highest BCUT2D eigenvalue weighted by Gasteiger charge is 2.72. The lowest BCUT2D eigenvalue weighted by molar-refractivity contribution is -0.122. The topological polar surface area (TPSA) is 63.7 Å². The molecule has 5 nitrogen and oxygen atoms in total.